The first kappa shape index (κ1) is 17.5. The molecule has 0 bridgehead atoms. The lowest BCUT2D eigenvalue weighted by molar-refractivity contribution is -0.133. The van der Waals surface area contributed by atoms with E-state index in [9.17, 15) is 4.79 Å². The van der Waals surface area contributed by atoms with Crippen LogP contribution in [-0.4, -0.2) is 45.3 Å². The van der Waals surface area contributed by atoms with Crippen LogP contribution in [0.1, 0.15) is 31.2 Å². The van der Waals surface area contributed by atoms with E-state index in [1.165, 1.54) is 11.9 Å². The molecule has 0 N–H and O–H groups in total. The van der Waals surface area contributed by atoms with Crippen molar-refractivity contribution in [1.82, 2.24) is 19.7 Å². The Morgan fingerprint density at radius 3 is 2.92 bits per heavy atom. The average Bonchev–Trinajstić information content (AvgIpc) is 3.15. The summed E-state index contributed by atoms with van der Waals surface area (Å²) in [4.78, 5) is 18.3. The Bertz CT molecular complexity index is 655. The molecule has 2 heterocycles. The van der Waals surface area contributed by atoms with Crippen LogP contribution >= 0.6 is 0 Å². The van der Waals surface area contributed by atoms with Crippen LogP contribution in [0.15, 0.2) is 36.9 Å². The van der Waals surface area contributed by atoms with Gasteiger partial charge >= 0.3 is 0 Å². The molecule has 6 nitrogen and oxygen atoms in total. The number of likely N-dealkylation sites (tertiary alicyclic amines) is 1. The molecule has 0 spiro atoms. The first-order valence-electron chi connectivity index (χ1n) is 9.00. The van der Waals surface area contributed by atoms with Crippen LogP contribution in [0.2, 0.25) is 0 Å². The lowest BCUT2D eigenvalue weighted by Gasteiger charge is -2.32. The minimum atomic E-state index is 0.236. The Kier molecular flexibility index (Phi) is 6.04. The molecule has 6 heteroatoms. The molecule has 2 aromatic rings. The van der Waals surface area contributed by atoms with Gasteiger partial charge in [-0.25, -0.2) is 4.98 Å². The third-order valence-corrected chi connectivity index (χ3v) is 4.62. The van der Waals surface area contributed by atoms with Gasteiger partial charge in [0.1, 0.15) is 18.4 Å². The lowest BCUT2D eigenvalue weighted by Crippen LogP contribution is -2.41. The van der Waals surface area contributed by atoms with E-state index in [0.717, 1.165) is 44.6 Å². The van der Waals surface area contributed by atoms with Crippen molar-refractivity contribution in [3.8, 4) is 5.75 Å². The number of nitrogens with zero attached hydrogens (tertiary/aromatic N) is 4. The number of hydrogen-bond donors (Lipinski definition) is 0. The van der Waals surface area contributed by atoms with Crippen LogP contribution in [0.5, 0.6) is 5.75 Å². The number of aromatic nitrogens is 3. The summed E-state index contributed by atoms with van der Waals surface area (Å²) in [6.07, 6.45) is 6.73. The van der Waals surface area contributed by atoms with Gasteiger partial charge in [-0.3, -0.25) is 9.48 Å². The van der Waals surface area contributed by atoms with Crippen LogP contribution in [0.25, 0.3) is 0 Å². The van der Waals surface area contributed by atoms with E-state index < -0.39 is 0 Å². The number of piperidine rings is 1. The van der Waals surface area contributed by atoms with Gasteiger partial charge in [0.2, 0.25) is 5.91 Å². The predicted molar refractivity (Wildman–Crippen MR) is 95.2 cm³/mol. The standard InChI is InChI=1S/C19H26N4O2/c1-16-6-8-18(9-7-16)25-13-17-4-2-10-22(12-17)19(24)5-3-11-23-15-20-14-21-23/h6-9,14-15,17H,2-5,10-13H2,1H3/t17-/m1/s1. The number of ether oxygens (including phenoxy) is 1. The predicted octanol–water partition coefficient (Wildman–Crippen LogP) is 2.68. The lowest BCUT2D eigenvalue weighted by atomic mass is 9.98. The maximum Gasteiger partial charge on any atom is 0.222 e. The zero-order valence-corrected chi connectivity index (χ0v) is 14.8. The van der Waals surface area contributed by atoms with Crippen molar-refractivity contribution in [3.63, 3.8) is 0 Å². The summed E-state index contributed by atoms with van der Waals surface area (Å²) in [5, 5.41) is 4.06. The second kappa shape index (κ2) is 8.65. The smallest absolute Gasteiger partial charge is 0.222 e. The summed E-state index contributed by atoms with van der Waals surface area (Å²) in [6.45, 7) is 5.14. The van der Waals surface area contributed by atoms with Gasteiger partial charge in [-0.05, 0) is 38.3 Å². The molecule has 0 unspecified atom stereocenters. The minimum absolute atomic E-state index is 0.236. The van der Waals surface area contributed by atoms with Crippen LogP contribution < -0.4 is 4.74 Å². The molecule has 0 radical (unpaired) electrons. The summed E-state index contributed by atoms with van der Waals surface area (Å²) < 4.78 is 7.67. The van der Waals surface area contributed by atoms with E-state index in [0.29, 0.717) is 18.9 Å². The maximum absolute atomic E-state index is 12.4. The number of benzene rings is 1. The van der Waals surface area contributed by atoms with Crippen molar-refractivity contribution in [2.75, 3.05) is 19.7 Å². The second-order valence-electron chi connectivity index (χ2n) is 6.73. The van der Waals surface area contributed by atoms with Crippen LogP contribution in [0.4, 0.5) is 0 Å². The largest absolute Gasteiger partial charge is 0.493 e. The molecule has 1 saturated heterocycles. The van der Waals surface area contributed by atoms with Crippen molar-refractivity contribution >= 4 is 5.91 Å². The second-order valence-corrected chi connectivity index (χ2v) is 6.73. The van der Waals surface area contributed by atoms with Crippen molar-refractivity contribution < 1.29 is 9.53 Å². The Hall–Kier alpha value is -2.37. The summed E-state index contributed by atoms with van der Waals surface area (Å²) in [5.74, 6) is 1.55. The highest BCUT2D eigenvalue weighted by molar-refractivity contribution is 5.76. The van der Waals surface area contributed by atoms with E-state index in [4.69, 9.17) is 4.74 Å². The minimum Gasteiger partial charge on any atom is -0.493 e. The van der Waals surface area contributed by atoms with Gasteiger partial charge < -0.3 is 9.64 Å². The molecule has 1 fully saturated rings. The Balaban J connectivity index is 1.40. The van der Waals surface area contributed by atoms with Crippen LogP contribution in [0.3, 0.4) is 0 Å². The summed E-state index contributed by atoms with van der Waals surface area (Å²) in [7, 11) is 0. The highest BCUT2D eigenvalue weighted by Gasteiger charge is 2.23. The van der Waals surface area contributed by atoms with Gasteiger partial charge in [-0.2, -0.15) is 5.10 Å². The first-order chi connectivity index (χ1) is 12.2. The molecule has 1 atom stereocenters. The number of rotatable bonds is 7. The monoisotopic (exact) mass is 342 g/mol. The first-order valence-corrected chi connectivity index (χ1v) is 9.00. The topological polar surface area (TPSA) is 60.2 Å². The van der Waals surface area contributed by atoms with Gasteiger partial charge in [0.25, 0.3) is 0 Å². The van der Waals surface area contributed by atoms with Crippen LogP contribution in [-0.2, 0) is 11.3 Å². The molecule has 25 heavy (non-hydrogen) atoms. The molecule has 1 aromatic carbocycles. The molecule has 1 aliphatic heterocycles. The summed E-state index contributed by atoms with van der Waals surface area (Å²) >= 11 is 0. The zero-order chi connectivity index (χ0) is 17.5. The number of carbonyl (C=O) groups is 1. The highest BCUT2D eigenvalue weighted by Crippen LogP contribution is 2.20. The maximum atomic E-state index is 12.4. The quantitative estimate of drug-likeness (QED) is 0.776. The molecular formula is C19H26N4O2. The van der Waals surface area contributed by atoms with Crippen molar-refractivity contribution in [3.05, 3.63) is 42.5 Å². The van der Waals surface area contributed by atoms with Crippen LogP contribution in [0, 0.1) is 12.8 Å². The van der Waals surface area contributed by atoms with Gasteiger partial charge in [0, 0.05) is 32.0 Å². The number of carbonyl (C=O) groups excluding carboxylic acids is 1. The molecule has 1 amide bonds. The van der Waals surface area contributed by atoms with E-state index >= 15 is 0 Å². The fraction of sp³-hybridized carbons (Fsp3) is 0.526. The fourth-order valence-corrected chi connectivity index (χ4v) is 3.17. The number of hydrogen-bond acceptors (Lipinski definition) is 4. The molecular weight excluding hydrogens is 316 g/mol. The van der Waals surface area contributed by atoms with E-state index in [2.05, 4.69) is 29.1 Å². The molecule has 0 saturated carbocycles. The van der Waals surface area contributed by atoms with Crippen molar-refractivity contribution in [1.29, 1.82) is 0 Å². The zero-order valence-electron chi connectivity index (χ0n) is 14.8. The number of aryl methyl sites for hydroxylation is 2. The summed E-state index contributed by atoms with van der Waals surface area (Å²) in [6, 6.07) is 8.12. The Morgan fingerprint density at radius 2 is 2.16 bits per heavy atom. The molecule has 3 rings (SSSR count). The SMILES string of the molecule is Cc1ccc(OC[C@@H]2CCCN(C(=O)CCCn3cncn3)C2)cc1. The summed E-state index contributed by atoms with van der Waals surface area (Å²) in [5.41, 5.74) is 1.23. The van der Waals surface area contributed by atoms with Crippen molar-refractivity contribution in [2.45, 2.75) is 39.2 Å². The Morgan fingerprint density at radius 1 is 1.32 bits per heavy atom. The number of amides is 1. The fourth-order valence-electron chi connectivity index (χ4n) is 3.17. The van der Waals surface area contributed by atoms with E-state index in [1.54, 1.807) is 11.0 Å². The van der Waals surface area contributed by atoms with Gasteiger partial charge in [0.15, 0.2) is 0 Å². The molecule has 1 aliphatic rings. The van der Waals surface area contributed by atoms with Crippen molar-refractivity contribution in [2.24, 2.45) is 5.92 Å². The third-order valence-electron chi connectivity index (χ3n) is 4.62. The highest BCUT2D eigenvalue weighted by atomic mass is 16.5. The normalized spacial score (nSPS) is 17.5. The van der Waals surface area contributed by atoms with Gasteiger partial charge in [-0.1, -0.05) is 17.7 Å². The van der Waals surface area contributed by atoms with Gasteiger partial charge in [0.05, 0.1) is 6.61 Å². The van der Waals surface area contributed by atoms with Gasteiger partial charge in [-0.15, -0.1) is 0 Å². The van der Waals surface area contributed by atoms with E-state index in [1.807, 2.05) is 17.0 Å². The molecule has 0 aliphatic carbocycles. The molecule has 134 valence electrons. The molecule has 1 aromatic heterocycles. The van der Waals surface area contributed by atoms with E-state index in [-0.39, 0.29) is 5.91 Å². The Labute approximate surface area is 148 Å². The average molecular weight is 342 g/mol. The third kappa shape index (κ3) is 5.31.